The molecule has 0 saturated heterocycles. The Bertz CT molecular complexity index is 763. The van der Waals surface area contributed by atoms with Crippen LogP contribution in [0.3, 0.4) is 0 Å². The minimum absolute atomic E-state index is 0.263. The molecular formula is C13H5F6NO2. The number of carbonyl (C=O) groups excluding carboxylic acids is 2. The van der Waals surface area contributed by atoms with Crippen molar-refractivity contribution < 1.29 is 35.9 Å². The Labute approximate surface area is 118 Å². The van der Waals surface area contributed by atoms with Gasteiger partial charge in [0.05, 0.1) is 11.1 Å². The maximum absolute atomic E-state index is 12.9. The topological polar surface area (TPSA) is 47.0 Å². The highest BCUT2D eigenvalue weighted by atomic mass is 19.4. The number of benzene rings is 1. The molecule has 3 nitrogen and oxygen atoms in total. The first kappa shape index (κ1) is 15.9. The minimum atomic E-state index is -5.06. The van der Waals surface area contributed by atoms with Gasteiger partial charge in [0, 0.05) is 10.9 Å². The Morgan fingerprint density at radius 2 is 1.68 bits per heavy atom. The lowest BCUT2D eigenvalue weighted by atomic mass is 10.0. The van der Waals surface area contributed by atoms with Crippen LogP contribution in [0.25, 0.3) is 10.9 Å². The average Bonchev–Trinajstić information content (AvgIpc) is 2.42. The molecule has 0 fully saturated rings. The lowest BCUT2D eigenvalue weighted by Crippen LogP contribution is -2.14. The van der Waals surface area contributed by atoms with E-state index in [2.05, 4.69) is 4.98 Å². The normalized spacial score (nSPS) is 12.5. The molecule has 22 heavy (non-hydrogen) atoms. The van der Waals surface area contributed by atoms with Crippen molar-refractivity contribution in [1.82, 2.24) is 4.98 Å². The fraction of sp³-hybridized carbons (Fsp3) is 0.154. The van der Waals surface area contributed by atoms with Crippen molar-refractivity contribution in [1.29, 1.82) is 0 Å². The Hall–Kier alpha value is -2.45. The number of fused-ring (bicyclic) bond motifs is 1. The van der Waals surface area contributed by atoms with Crippen molar-refractivity contribution in [3.05, 3.63) is 41.1 Å². The van der Waals surface area contributed by atoms with Crippen LogP contribution in [-0.4, -0.2) is 17.1 Å². The second kappa shape index (κ2) is 5.08. The predicted molar refractivity (Wildman–Crippen MR) is 62.1 cm³/mol. The summed E-state index contributed by atoms with van der Waals surface area (Å²) in [6.45, 7) is 0. The van der Waals surface area contributed by atoms with Crippen molar-refractivity contribution in [2.45, 2.75) is 12.4 Å². The summed E-state index contributed by atoms with van der Waals surface area (Å²) in [6.07, 6.45) is -10.3. The van der Waals surface area contributed by atoms with Gasteiger partial charge in [-0.3, -0.25) is 9.59 Å². The Morgan fingerprint density at radius 1 is 1.05 bits per heavy atom. The number of pyridine rings is 1. The van der Waals surface area contributed by atoms with Gasteiger partial charge in [-0.25, -0.2) is 4.98 Å². The van der Waals surface area contributed by atoms with Crippen LogP contribution in [0.15, 0.2) is 24.3 Å². The lowest BCUT2D eigenvalue weighted by molar-refractivity contribution is -0.142. The molecule has 116 valence electrons. The number of hydrogen-bond donors (Lipinski definition) is 0. The molecule has 2 rings (SSSR count). The van der Waals surface area contributed by atoms with E-state index in [0.29, 0.717) is 6.07 Å². The zero-order valence-corrected chi connectivity index (χ0v) is 10.4. The number of Topliss-reactive ketones (excluding diaryl/α,β-unsaturated/α-hetero) is 1. The zero-order chi connectivity index (χ0) is 16.7. The summed E-state index contributed by atoms with van der Waals surface area (Å²) in [5, 5.41) is -0.472. The van der Waals surface area contributed by atoms with Crippen LogP contribution in [0.4, 0.5) is 26.3 Å². The van der Waals surface area contributed by atoms with Gasteiger partial charge in [-0.1, -0.05) is 12.1 Å². The molecular weight excluding hydrogens is 316 g/mol. The van der Waals surface area contributed by atoms with Gasteiger partial charge in [-0.05, 0) is 12.1 Å². The number of hydrogen-bond acceptors (Lipinski definition) is 3. The Balaban J connectivity index is 2.95. The van der Waals surface area contributed by atoms with Gasteiger partial charge in [0.2, 0.25) is 5.78 Å². The summed E-state index contributed by atoms with van der Waals surface area (Å²) in [6, 6.07) is 2.72. The minimum Gasteiger partial charge on any atom is -0.294 e. The summed E-state index contributed by atoms with van der Waals surface area (Å²) in [7, 11) is 0. The highest BCUT2D eigenvalue weighted by Crippen LogP contribution is 2.37. The summed E-state index contributed by atoms with van der Waals surface area (Å²) in [4.78, 5) is 24.9. The first-order valence-electron chi connectivity index (χ1n) is 5.63. The second-order valence-corrected chi connectivity index (χ2v) is 4.23. The van der Waals surface area contributed by atoms with E-state index in [1.165, 1.54) is 0 Å². The molecule has 1 aromatic carbocycles. The number of para-hydroxylation sites is 1. The van der Waals surface area contributed by atoms with E-state index in [-0.39, 0.29) is 12.4 Å². The van der Waals surface area contributed by atoms with E-state index in [4.69, 9.17) is 0 Å². The standard InChI is InChI=1S/C13H5F6NO2/c14-12(15,16)8-3-1-2-6-7(9(22)5-21)4-10(13(17,18)19)20-11(6)8/h1-5H. The highest BCUT2D eigenvalue weighted by molar-refractivity contribution is 6.36. The van der Waals surface area contributed by atoms with E-state index < -0.39 is 45.9 Å². The molecule has 9 heteroatoms. The van der Waals surface area contributed by atoms with E-state index in [0.717, 1.165) is 12.1 Å². The van der Waals surface area contributed by atoms with E-state index in [1.807, 2.05) is 0 Å². The maximum Gasteiger partial charge on any atom is 0.433 e. The molecule has 0 aliphatic rings. The predicted octanol–water partition coefficient (Wildman–Crippen LogP) is 3.65. The van der Waals surface area contributed by atoms with E-state index in [9.17, 15) is 35.9 Å². The summed E-state index contributed by atoms with van der Waals surface area (Å²) in [5.41, 5.74) is -4.91. The van der Waals surface area contributed by atoms with Crippen molar-refractivity contribution in [2.24, 2.45) is 0 Å². The molecule has 0 bridgehead atoms. The molecule has 0 aliphatic heterocycles. The number of carbonyl (C=O) groups is 2. The number of rotatable bonds is 2. The maximum atomic E-state index is 12.9. The fourth-order valence-corrected chi connectivity index (χ4v) is 1.89. The van der Waals surface area contributed by atoms with Crippen molar-refractivity contribution in [3.8, 4) is 0 Å². The van der Waals surface area contributed by atoms with Gasteiger partial charge in [-0.2, -0.15) is 26.3 Å². The second-order valence-electron chi connectivity index (χ2n) is 4.23. The average molecular weight is 321 g/mol. The lowest BCUT2D eigenvalue weighted by Gasteiger charge is -2.14. The molecule has 0 atom stereocenters. The molecule has 0 aliphatic carbocycles. The molecule has 0 amide bonds. The van der Waals surface area contributed by atoms with Crippen molar-refractivity contribution in [3.63, 3.8) is 0 Å². The van der Waals surface area contributed by atoms with Gasteiger partial charge in [0.1, 0.15) is 5.69 Å². The van der Waals surface area contributed by atoms with Crippen LogP contribution in [0.2, 0.25) is 0 Å². The molecule has 0 saturated carbocycles. The number of halogens is 6. The molecule has 0 N–H and O–H groups in total. The van der Waals surface area contributed by atoms with E-state index in [1.54, 1.807) is 0 Å². The van der Waals surface area contributed by atoms with Gasteiger partial charge >= 0.3 is 12.4 Å². The highest BCUT2D eigenvalue weighted by Gasteiger charge is 2.37. The summed E-state index contributed by atoms with van der Waals surface area (Å²) >= 11 is 0. The van der Waals surface area contributed by atoms with Crippen LogP contribution < -0.4 is 0 Å². The first-order valence-corrected chi connectivity index (χ1v) is 5.63. The number of alkyl halides is 6. The summed E-state index contributed by atoms with van der Waals surface area (Å²) < 4.78 is 76.9. The smallest absolute Gasteiger partial charge is 0.294 e. The van der Waals surface area contributed by atoms with Gasteiger partial charge in [0.15, 0.2) is 6.29 Å². The van der Waals surface area contributed by atoms with Gasteiger partial charge < -0.3 is 0 Å². The van der Waals surface area contributed by atoms with Gasteiger partial charge in [-0.15, -0.1) is 0 Å². The molecule has 2 aromatic rings. The van der Waals surface area contributed by atoms with Crippen molar-refractivity contribution in [2.75, 3.05) is 0 Å². The number of aromatic nitrogens is 1. The first-order chi connectivity index (χ1) is 10.1. The van der Waals surface area contributed by atoms with E-state index >= 15 is 0 Å². The van der Waals surface area contributed by atoms with Crippen LogP contribution in [0.5, 0.6) is 0 Å². The Kier molecular flexibility index (Phi) is 3.68. The monoisotopic (exact) mass is 321 g/mol. The third-order valence-electron chi connectivity index (χ3n) is 2.81. The molecule has 1 heterocycles. The van der Waals surface area contributed by atoms with Crippen LogP contribution in [0, 0.1) is 0 Å². The zero-order valence-electron chi connectivity index (χ0n) is 10.4. The number of aldehydes is 1. The molecule has 0 spiro atoms. The number of nitrogens with zero attached hydrogens (tertiary/aromatic N) is 1. The largest absolute Gasteiger partial charge is 0.433 e. The fourth-order valence-electron chi connectivity index (χ4n) is 1.89. The molecule has 0 unspecified atom stereocenters. The van der Waals surface area contributed by atoms with Crippen LogP contribution in [-0.2, 0) is 17.1 Å². The van der Waals surface area contributed by atoms with Gasteiger partial charge in [0.25, 0.3) is 0 Å². The summed E-state index contributed by atoms with van der Waals surface area (Å²) in [5.74, 6) is -1.36. The number of ketones is 1. The molecule has 0 radical (unpaired) electrons. The Morgan fingerprint density at radius 3 is 2.18 bits per heavy atom. The third-order valence-corrected chi connectivity index (χ3v) is 2.81. The third kappa shape index (κ3) is 2.78. The molecule has 1 aromatic heterocycles. The van der Waals surface area contributed by atoms with Crippen LogP contribution >= 0.6 is 0 Å². The van der Waals surface area contributed by atoms with Crippen molar-refractivity contribution >= 4 is 23.0 Å². The van der Waals surface area contributed by atoms with Crippen LogP contribution in [0.1, 0.15) is 21.6 Å². The quantitative estimate of drug-likeness (QED) is 0.367. The SMILES string of the molecule is O=CC(=O)c1cc(C(F)(F)F)nc2c(C(F)(F)F)cccc12.